The standard InChI is InChI=1S/C23H19N3O3S/c1-29-20-14-16(12-13-19(20)27)15-21-22(28)26(18-10-6-3-7-11-18)23(30-21)25-24-17-8-4-2-5-9-17/h2-15,24,27H,1H3/b21-15-,25-23+. The molecule has 3 aromatic rings. The highest BCUT2D eigenvalue weighted by molar-refractivity contribution is 8.19. The second kappa shape index (κ2) is 8.75. The summed E-state index contributed by atoms with van der Waals surface area (Å²) in [6, 6.07) is 23.9. The molecule has 1 saturated heterocycles. The minimum absolute atomic E-state index is 0.0466. The molecule has 3 aromatic carbocycles. The van der Waals surface area contributed by atoms with Crippen molar-refractivity contribution in [2.75, 3.05) is 17.4 Å². The quantitative estimate of drug-likeness (QED) is 0.456. The van der Waals surface area contributed by atoms with Crippen molar-refractivity contribution in [2.24, 2.45) is 5.10 Å². The molecule has 1 fully saturated rings. The number of rotatable bonds is 5. The van der Waals surface area contributed by atoms with Crippen LogP contribution in [0.3, 0.4) is 0 Å². The first-order chi connectivity index (χ1) is 14.7. The number of hydrogen-bond donors (Lipinski definition) is 2. The second-order valence-corrected chi connectivity index (χ2v) is 7.40. The Bertz CT molecular complexity index is 1120. The van der Waals surface area contributed by atoms with Crippen molar-refractivity contribution in [3.63, 3.8) is 0 Å². The van der Waals surface area contributed by atoms with E-state index in [9.17, 15) is 9.90 Å². The summed E-state index contributed by atoms with van der Waals surface area (Å²) in [5.74, 6) is 0.219. The Morgan fingerprint density at radius 2 is 1.73 bits per heavy atom. The van der Waals surface area contributed by atoms with Crippen molar-refractivity contribution < 1.29 is 14.6 Å². The molecule has 0 spiro atoms. The molecule has 2 N–H and O–H groups in total. The van der Waals surface area contributed by atoms with Gasteiger partial charge in [-0.1, -0.05) is 42.5 Å². The average Bonchev–Trinajstić information content (AvgIpc) is 3.10. The molecule has 1 heterocycles. The van der Waals surface area contributed by atoms with Gasteiger partial charge in [-0.05, 0) is 59.8 Å². The van der Waals surface area contributed by atoms with Gasteiger partial charge in [0.1, 0.15) is 0 Å². The molecule has 0 bridgehead atoms. The summed E-state index contributed by atoms with van der Waals surface area (Å²) in [6.07, 6.45) is 1.76. The summed E-state index contributed by atoms with van der Waals surface area (Å²) in [7, 11) is 1.48. The maximum atomic E-state index is 13.2. The van der Waals surface area contributed by atoms with E-state index in [0.29, 0.717) is 15.8 Å². The summed E-state index contributed by atoms with van der Waals surface area (Å²) in [4.78, 5) is 15.3. The zero-order chi connectivity index (χ0) is 20.9. The van der Waals surface area contributed by atoms with Crippen LogP contribution in [-0.4, -0.2) is 23.3 Å². The van der Waals surface area contributed by atoms with E-state index in [4.69, 9.17) is 4.74 Å². The number of ether oxygens (including phenoxy) is 1. The molecular formula is C23H19N3O3S. The van der Waals surface area contributed by atoms with Gasteiger partial charge in [0.15, 0.2) is 16.7 Å². The van der Waals surface area contributed by atoms with E-state index < -0.39 is 0 Å². The third kappa shape index (κ3) is 4.16. The first-order valence-electron chi connectivity index (χ1n) is 9.20. The molecule has 1 aliphatic heterocycles. The summed E-state index contributed by atoms with van der Waals surface area (Å²) < 4.78 is 5.16. The fourth-order valence-electron chi connectivity index (χ4n) is 2.91. The zero-order valence-corrected chi connectivity index (χ0v) is 17.0. The number of amides is 1. The highest BCUT2D eigenvalue weighted by Gasteiger charge is 2.34. The topological polar surface area (TPSA) is 74.2 Å². The number of anilines is 2. The fraction of sp³-hybridized carbons (Fsp3) is 0.0435. The lowest BCUT2D eigenvalue weighted by molar-refractivity contribution is -0.113. The largest absolute Gasteiger partial charge is 0.504 e. The van der Waals surface area contributed by atoms with Gasteiger partial charge in [0.2, 0.25) is 0 Å². The number of thioether (sulfide) groups is 1. The number of benzene rings is 3. The van der Waals surface area contributed by atoms with Gasteiger partial charge >= 0.3 is 0 Å². The number of nitrogens with one attached hydrogen (secondary N) is 1. The van der Waals surface area contributed by atoms with Gasteiger partial charge in [0, 0.05) is 0 Å². The molecule has 4 rings (SSSR count). The Morgan fingerprint density at radius 3 is 2.43 bits per heavy atom. The van der Waals surface area contributed by atoms with E-state index in [0.717, 1.165) is 16.9 Å². The predicted molar refractivity (Wildman–Crippen MR) is 122 cm³/mol. The lowest BCUT2D eigenvalue weighted by atomic mass is 10.2. The lowest BCUT2D eigenvalue weighted by Crippen LogP contribution is -2.29. The van der Waals surface area contributed by atoms with Crippen LogP contribution in [-0.2, 0) is 4.79 Å². The van der Waals surface area contributed by atoms with Crippen LogP contribution in [0, 0.1) is 0 Å². The number of carbonyl (C=O) groups excluding carboxylic acids is 1. The maximum Gasteiger partial charge on any atom is 0.271 e. The first-order valence-corrected chi connectivity index (χ1v) is 10.0. The molecule has 0 aliphatic carbocycles. The van der Waals surface area contributed by atoms with Crippen LogP contribution in [0.1, 0.15) is 5.56 Å². The molecule has 0 saturated carbocycles. The number of para-hydroxylation sites is 2. The number of aromatic hydroxyl groups is 1. The number of nitrogens with zero attached hydrogens (tertiary/aromatic N) is 2. The number of hydrazone groups is 1. The van der Waals surface area contributed by atoms with E-state index in [2.05, 4.69) is 10.5 Å². The van der Waals surface area contributed by atoms with Gasteiger partial charge < -0.3 is 9.84 Å². The van der Waals surface area contributed by atoms with Gasteiger partial charge in [-0.15, -0.1) is 5.10 Å². The number of methoxy groups -OCH3 is 1. The van der Waals surface area contributed by atoms with Gasteiger partial charge in [-0.3, -0.25) is 15.1 Å². The van der Waals surface area contributed by atoms with E-state index in [1.807, 2.05) is 60.7 Å². The third-order valence-electron chi connectivity index (χ3n) is 4.38. The van der Waals surface area contributed by atoms with Crippen LogP contribution in [0.4, 0.5) is 11.4 Å². The number of hydrogen-bond acceptors (Lipinski definition) is 6. The van der Waals surface area contributed by atoms with Gasteiger partial charge in [0.25, 0.3) is 5.91 Å². The Balaban J connectivity index is 1.69. The Kier molecular flexibility index (Phi) is 5.72. The second-order valence-electron chi connectivity index (χ2n) is 6.39. The van der Waals surface area contributed by atoms with Crippen LogP contribution in [0.25, 0.3) is 6.08 Å². The van der Waals surface area contributed by atoms with Crippen molar-refractivity contribution in [2.45, 2.75) is 0 Å². The van der Waals surface area contributed by atoms with Crippen molar-refractivity contribution in [3.05, 3.63) is 89.3 Å². The molecule has 1 amide bonds. The Hall–Kier alpha value is -3.71. The van der Waals surface area contributed by atoms with Gasteiger partial charge in [-0.25, -0.2) is 0 Å². The minimum atomic E-state index is -0.174. The lowest BCUT2D eigenvalue weighted by Gasteiger charge is -2.15. The number of phenolic OH excluding ortho intramolecular Hbond substituents is 1. The summed E-state index contributed by atoms with van der Waals surface area (Å²) in [6.45, 7) is 0. The van der Waals surface area contributed by atoms with E-state index in [1.165, 1.54) is 24.9 Å². The molecule has 0 radical (unpaired) electrons. The van der Waals surface area contributed by atoms with Crippen LogP contribution in [0.15, 0.2) is 88.9 Å². The Morgan fingerprint density at radius 1 is 1.03 bits per heavy atom. The number of amidine groups is 1. The average molecular weight is 417 g/mol. The van der Waals surface area contributed by atoms with Crippen LogP contribution >= 0.6 is 11.8 Å². The molecule has 1 aliphatic rings. The van der Waals surface area contributed by atoms with Crippen molar-refractivity contribution >= 4 is 40.3 Å². The van der Waals surface area contributed by atoms with Crippen molar-refractivity contribution in [1.82, 2.24) is 0 Å². The molecule has 30 heavy (non-hydrogen) atoms. The minimum Gasteiger partial charge on any atom is -0.504 e. The van der Waals surface area contributed by atoms with Crippen molar-refractivity contribution in [3.8, 4) is 11.5 Å². The van der Waals surface area contributed by atoms with E-state index in [1.54, 1.807) is 23.1 Å². The van der Waals surface area contributed by atoms with Crippen molar-refractivity contribution in [1.29, 1.82) is 0 Å². The number of phenols is 1. The molecule has 0 atom stereocenters. The monoisotopic (exact) mass is 417 g/mol. The SMILES string of the molecule is COc1cc(/C=C2\S/C(=N/Nc3ccccc3)N(c3ccccc3)C2=O)ccc1O. The van der Waals surface area contributed by atoms with Crippen LogP contribution in [0.2, 0.25) is 0 Å². The molecule has 0 aromatic heterocycles. The van der Waals surface area contributed by atoms with Gasteiger partial charge in [0.05, 0.1) is 23.4 Å². The van der Waals surface area contributed by atoms with E-state index >= 15 is 0 Å². The van der Waals surface area contributed by atoms with Crippen LogP contribution in [0.5, 0.6) is 11.5 Å². The predicted octanol–water partition coefficient (Wildman–Crippen LogP) is 4.90. The third-order valence-corrected chi connectivity index (χ3v) is 5.35. The maximum absolute atomic E-state index is 13.2. The fourth-order valence-corrected chi connectivity index (χ4v) is 3.86. The molecule has 0 unspecified atom stereocenters. The molecular weight excluding hydrogens is 398 g/mol. The summed E-state index contributed by atoms with van der Waals surface area (Å²) in [5.41, 5.74) is 5.31. The highest BCUT2D eigenvalue weighted by atomic mass is 32.2. The first kappa shape index (κ1) is 19.6. The van der Waals surface area contributed by atoms with E-state index in [-0.39, 0.29) is 11.7 Å². The molecule has 6 nitrogen and oxygen atoms in total. The smallest absolute Gasteiger partial charge is 0.271 e. The Labute approximate surface area is 178 Å². The van der Waals surface area contributed by atoms with Crippen LogP contribution < -0.4 is 15.1 Å². The zero-order valence-electron chi connectivity index (χ0n) is 16.1. The highest BCUT2D eigenvalue weighted by Crippen LogP contribution is 2.37. The van der Waals surface area contributed by atoms with Gasteiger partial charge in [-0.2, -0.15) is 0 Å². The normalized spacial score (nSPS) is 16.3. The molecule has 150 valence electrons. The molecule has 7 heteroatoms. The summed E-state index contributed by atoms with van der Waals surface area (Å²) >= 11 is 1.28. The number of carbonyl (C=O) groups is 1. The summed E-state index contributed by atoms with van der Waals surface area (Å²) in [5, 5.41) is 14.8.